The zero-order valence-corrected chi connectivity index (χ0v) is 30.4. The molecule has 0 bridgehead atoms. The van der Waals surface area contributed by atoms with Gasteiger partial charge in [0.15, 0.2) is 0 Å². The summed E-state index contributed by atoms with van der Waals surface area (Å²) in [5, 5.41) is 9.18. The number of hydrogen-bond donors (Lipinski definition) is 1. The van der Waals surface area contributed by atoms with Crippen molar-refractivity contribution in [3.63, 3.8) is 0 Å². The Morgan fingerprint density at radius 1 is 0.575 bits per heavy atom. The van der Waals surface area contributed by atoms with Crippen LogP contribution < -0.4 is 0 Å². The molecule has 0 unspecified atom stereocenters. The molecule has 0 atom stereocenters. The van der Waals surface area contributed by atoms with E-state index in [4.69, 9.17) is 46.8 Å². The first-order chi connectivity index (χ1) is 18.7. The van der Waals surface area contributed by atoms with Crippen LogP contribution in [0.3, 0.4) is 0 Å². The standard InChI is InChI=1S/C18H36O2.C9H22O4P2S4.Ca.2H/c1-2-3-4-5-6-7-8-9-10-11-12-13-14-15-16-17-18(19)20;1-5-10-14(16,11-6-2)18-9-19-15(17,12-7-3)13-8-4;;;/h2-17H2,1H3,(H,19,20);5-9H2,1-4H3;;;. The SMILES string of the molecule is CCCCCCCCCCCCCCCCCC(=O)O.CCOP(=S)(OCC)SCSP(=S)(OCC)OCC.[CaH2]. The predicted molar refractivity (Wildman–Crippen MR) is 191 cm³/mol. The van der Waals surface area contributed by atoms with Crippen LogP contribution >= 0.6 is 34.2 Å². The molecule has 0 fully saturated rings. The van der Waals surface area contributed by atoms with Crippen LogP contribution in [0.15, 0.2) is 0 Å². The van der Waals surface area contributed by atoms with Crippen molar-refractivity contribution in [1.29, 1.82) is 0 Å². The van der Waals surface area contributed by atoms with Crippen molar-refractivity contribution in [1.82, 2.24) is 0 Å². The van der Waals surface area contributed by atoms with Gasteiger partial charge in [-0.25, -0.2) is 0 Å². The molecule has 6 nitrogen and oxygen atoms in total. The number of carboxylic acids is 1. The first kappa shape index (κ1) is 47.0. The molecule has 240 valence electrons. The summed E-state index contributed by atoms with van der Waals surface area (Å²) < 4.78 is 22.2. The Hall–Kier alpha value is 2.57. The molecule has 0 rings (SSSR count). The third-order valence-corrected chi connectivity index (χ3v) is 17.6. The molecule has 40 heavy (non-hydrogen) atoms. The average molecular weight is 711 g/mol. The summed E-state index contributed by atoms with van der Waals surface area (Å²) >= 11 is 13.9. The van der Waals surface area contributed by atoms with E-state index in [1.165, 1.54) is 106 Å². The van der Waals surface area contributed by atoms with Gasteiger partial charge in [0.05, 0.1) is 31.5 Å². The van der Waals surface area contributed by atoms with Crippen LogP contribution in [0, 0.1) is 0 Å². The number of rotatable bonds is 28. The summed E-state index contributed by atoms with van der Waals surface area (Å²) in [5.74, 6) is -0.653. The molecule has 0 aliphatic rings. The first-order valence-electron chi connectivity index (χ1n) is 15.0. The summed E-state index contributed by atoms with van der Waals surface area (Å²) in [6, 6.07) is 0. The predicted octanol–water partition coefficient (Wildman–Crippen LogP) is 10.4. The first-order valence-corrected chi connectivity index (χ1v) is 23.5. The summed E-state index contributed by atoms with van der Waals surface area (Å²) in [6.07, 6.45) is 20.2. The molecule has 0 aliphatic carbocycles. The van der Waals surface area contributed by atoms with Crippen LogP contribution in [0.4, 0.5) is 0 Å². The van der Waals surface area contributed by atoms with Crippen molar-refractivity contribution in [3.8, 4) is 0 Å². The second-order valence-electron chi connectivity index (χ2n) is 9.04. The molecule has 0 saturated heterocycles. The molecule has 13 heteroatoms. The Labute approximate surface area is 295 Å². The summed E-state index contributed by atoms with van der Waals surface area (Å²) in [6.45, 7) is 12.2. The molecular formula is C27H60CaO6P2S4. The molecule has 0 radical (unpaired) electrons. The Balaban J connectivity index is -0.000000669. The van der Waals surface area contributed by atoms with Crippen LogP contribution in [-0.2, 0) is 46.5 Å². The summed E-state index contributed by atoms with van der Waals surface area (Å²) in [7, 11) is 0. The van der Waals surface area contributed by atoms with Crippen LogP contribution in [0.25, 0.3) is 0 Å². The number of hydrogen-bond acceptors (Lipinski definition) is 9. The monoisotopic (exact) mass is 710 g/mol. The van der Waals surface area contributed by atoms with Crippen molar-refractivity contribution in [2.75, 3.05) is 31.5 Å². The second-order valence-corrected chi connectivity index (χ2v) is 22.0. The van der Waals surface area contributed by atoms with Gasteiger partial charge in [-0.15, -0.1) is 0 Å². The van der Waals surface area contributed by atoms with E-state index in [1.807, 2.05) is 27.7 Å². The van der Waals surface area contributed by atoms with Crippen LogP contribution in [-0.4, -0.2) is 80.3 Å². The molecule has 0 spiro atoms. The maximum atomic E-state index is 10.3. The van der Waals surface area contributed by atoms with Crippen molar-refractivity contribution in [2.45, 2.75) is 137 Å². The maximum absolute atomic E-state index is 10.3. The Kier molecular flexibility index (Phi) is 40.5. The number of aliphatic carboxylic acids is 1. The van der Waals surface area contributed by atoms with Crippen molar-refractivity contribution in [2.24, 2.45) is 0 Å². The molecule has 0 saturated carbocycles. The van der Waals surface area contributed by atoms with E-state index >= 15 is 0 Å². The molecule has 0 aliphatic heterocycles. The molecular weight excluding hydrogens is 651 g/mol. The van der Waals surface area contributed by atoms with E-state index in [1.54, 1.807) is 0 Å². The zero-order valence-electron chi connectivity index (χ0n) is 25.4. The summed E-state index contributed by atoms with van der Waals surface area (Å²) in [4.78, 5) is 10.3. The normalized spacial score (nSPS) is 11.5. The number of unbranched alkanes of at least 4 members (excludes halogenated alkanes) is 14. The molecule has 0 aromatic heterocycles. The van der Waals surface area contributed by atoms with Crippen LogP contribution in [0.1, 0.15) is 137 Å². The minimum absolute atomic E-state index is 0. The van der Waals surface area contributed by atoms with E-state index in [-0.39, 0.29) is 37.7 Å². The number of carbonyl (C=O) groups is 1. The molecule has 0 amide bonds. The van der Waals surface area contributed by atoms with E-state index in [0.29, 0.717) is 37.9 Å². The molecule has 0 aromatic carbocycles. The minimum atomic E-state index is -2.25. The van der Waals surface area contributed by atoms with Crippen molar-refractivity contribution in [3.05, 3.63) is 0 Å². The Bertz CT molecular complexity index is 600. The van der Waals surface area contributed by atoms with Gasteiger partial charge in [0.1, 0.15) is 0 Å². The van der Waals surface area contributed by atoms with Crippen LogP contribution in [0.2, 0.25) is 0 Å². The second kappa shape index (κ2) is 34.4. The third kappa shape index (κ3) is 33.5. The third-order valence-electron chi connectivity index (χ3n) is 5.56. The van der Waals surface area contributed by atoms with Gasteiger partial charge in [0.25, 0.3) is 0 Å². The van der Waals surface area contributed by atoms with Gasteiger partial charge < -0.3 is 23.2 Å². The molecule has 1 N–H and O–H groups in total. The van der Waals surface area contributed by atoms with E-state index < -0.39 is 17.4 Å². The molecule has 0 heterocycles. The van der Waals surface area contributed by atoms with E-state index in [9.17, 15) is 4.79 Å². The van der Waals surface area contributed by atoms with Crippen LogP contribution in [0.5, 0.6) is 0 Å². The topological polar surface area (TPSA) is 74.2 Å². The van der Waals surface area contributed by atoms with Gasteiger partial charge in [0.2, 0.25) is 11.4 Å². The fourth-order valence-electron chi connectivity index (χ4n) is 3.66. The fourth-order valence-corrected chi connectivity index (χ4v) is 16.4. The fraction of sp³-hybridized carbons (Fsp3) is 0.963. The quantitative estimate of drug-likeness (QED) is 0.0367. The molecule has 0 aromatic rings. The van der Waals surface area contributed by atoms with Gasteiger partial charge in [-0.05, 0) is 57.7 Å². The van der Waals surface area contributed by atoms with Gasteiger partial charge >= 0.3 is 43.7 Å². The van der Waals surface area contributed by atoms with Crippen molar-refractivity contribution >= 4 is 101 Å². The van der Waals surface area contributed by atoms with E-state index in [2.05, 4.69) is 6.92 Å². The Morgan fingerprint density at radius 3 is 1.10 bits per heavy atom. The number of carboxylic acid groups (broad SMARTS) is 1. The average Bonchev–Trinajstić information content (AvgIpc) is 2.87. The van der Waals surface area contributed by atoms with E-state index in [0.717, 1.165) is 12.8 Å². The zero-order chi connectivity index (χ0) is 29.7. The summed E-state index contributed by atoms with van der Waals surface area (Å²) in [5.41, 5.74) is -4.51. The Morgan fingerprint density at radius 2 is 0.850 bits per heavy atom. The van der Waals surface area contributed by atoms with Gasteiger partial charge in [-0.3, -0.25) is 4.79 Å². The van der Waals surface area contributed by atoms with Gasteiger partial charge in [-0.2, -0.15) is 0 Å². The van der Waals surface area contributed by atoms with Gasteiger partial charge in [0, 0.05) is 6.42 Å². The van der Waals surface area contributed by atoms with Crippen molar-refractivity contribution < 1.29 is 28.0 Å². The van der Waals surface area contributed by atoms with Gasteiger partial charge in [-0.1, -0.05) is 120 Å².